The van der Waals surface area contributed by atoms with E-state index < -0.39 is 31.0 Å². The van der Waals surface area contributed by atoms with Crippen molar-refractivity contribution in [2.24, 2.45) is 5.73 Å². The lowest BCUT2D eigenvalue weighted by molar-refractivity contribution is -0.137. The van der Waals surface area contributed by atoms with Gasteiger partial charge in [-0.3, -0.25) is 9.59 Å². The average molecular weight is 273 g/mol. The van der Waals surface area contributed by atoms with Crippen LogP contribution >= 0.6 is 0 Å². The molecule has 0 saturated heterocycles. The molecule has 8 nitrogen and oxygen atoms in total. The van der Waals surface area contributed by atoms with Crippen LogP contribution in [0.4, 0.5) is 4.79 Å². The van der Waals surface area contributed by atoms with Crippen molar-refractivity contribution in [1.82, 2.24) is 10.2 Å². The van der Waals surface area contributed by atoms with Gasteiger partial charge in [-0.15, -0.1) is 0 Å². The highest BCUT2D eigenvalue weighted by Crippen LogP contribution is 1.90. The average Bonchev–Trinajstić information content (AvgIpc) is 2.25. The molecular weight excluding hydrogens is 254 g/mol. The van der Waals surface area contributed by atoms with Crippen molar-refractivity contribution in [3.05, 3.63) is 12.2 Å². The minimum Gasteiger partial charge on any atom is -0.480 e. The number of carbonyl (C=O) groups excluding carboxylic acids is 2. The number of carboxylic acid groups (broad SMARTS) is 1. The Morgan fingerprint density at radius 1 is 1.37 bits per heavy atom. The maximum absolute atomic E-state index is 11.6. The number of aliphatic carboxylic acids is 1. The number of urea groups is 1. The van der Waals surface area contributed by atoms with Gasteiger partial charge in [-0.05, 0) is 6.92 Å². The van der Waals surface area contributed by atoms with Gasteiger partial charge < -0.3 is 25.8 Å². The summed E-state index contributed by atoms with van der Waals surface area (Å²) < 4.78 is 5.15. The van der Waals surface area contributed by atoms with Crippen LogP contribution in [0, 0.1) is 0 Å². The van der Waals surface area contributed by atoms with Gasteiger partial charge >= 0.3 is 12.0 Å². The number of rotatable bonds is 9. The first-order valence-electron chi connectivity index (χ1n) is 5.58. The van der Waals surface area contributed by atoms with E-state index in [1.165, 1.54) is 0 Å². The summed E-state index contributed by atoms with van der Waals surface area (Å²) in [6.45, 7) is 5.24. The van der Waals surface area contributed by atoms with Crippen molar-refractivity contribution in [2.45, 2.75) is 6.92 Å². The standard InChI is InChI=1S/C11H19N3O5/c1-8(2)7-19-4-3-13-11(18)14(5-9(12)15)6-10(16)17/h1,3-7H2,2H3,(H2,12,15)(H,13,18)(H,16,17). The Hall–Kier alpha value is -2.09. The zero-order valence-corrected chi connectivity index (χ0v) is 10.8. The molecule has 8 heteroatoms. The molecule has 0 aliphatic rings. The first-order valence-corrected chi connectivity index (χ1v) is 5.58. The normalized spacial score (nSPS) is 9.74. The summed E-state index contributed by atoms with van der Waals surface area (Å²) in [5.74, 6) is -2.01. The number of hydrogen-bond donors (Lipinski definition) is 3. The third-order valence-electron chi connectivity index (χ3n) is 1.83. The molecule has 0 unspecified atom stereocenters. The maximum atomic E-state index is 11.6. The second-order valence-electron chi connectivity index (χ2n) is 3.96. The monoisotopic (exact) mass is 273 g/mol. The van der Waals surface area contributed by atoms with E-state index in [1.807, 2.05) is 0 Å². The van der Waals surface area contributed by atoms with Crippen molar-refractivity contribution >= 4 is 17.9 Å². The molecule has 0 aliphatic heterocycles. The summed E-state index contributed by atoms with van der Waals surface area (Å²) in [4.78, 5) is 33.6. The predicted octanol–water partition coefficient (Wildman–Crippen LogP) is -0.839. The lowest BCUT2D eigenvalue weighted by Gasteiger charge is -2.19. The molecule has 0 heterocycles. The summed E-state index contributed by atoms with van der Waals surface area (Å²) in [7, 11) is 0. The van der Waals surface area contributed by atoms with Crippen molar-refractivity contribution in [3.8, 4) is 0 Å². The molecular formula is C11H19N3O5. The molecule has 19 heavy (non-hydrogen) atoms. The molecule has 0 spiro atoms. The van der Waals surface area contributed by atoms with E-state index in [4.69, 9.17) is 15.6 Å². The molecule has 0 atom stereocenters. The molecule has 3 amide bonds. The van der Waals surface area contributed by atoms with E-state index in [9.17, 15) is 14.4 Å². The molecule has 0 radical (unpaired) electrons. The maximum Gasteiger partial charge on any atom is 0.323 e. The Labute approximate surface area is 111 Å². The molecule has 0 saturated carbocycles. The van der Waals surface area contributed by atoms with Gasteiger partial charge in [0.2, 0.25) is 5.91 Å². The molecule has 0 aromatic heterocycles. The Kier molecular flexibility index (Phi) is 7.94. The first kappa shape index (κ1) is 16.9. The molecule has 0 aromatic carbocycles. The van der Waals surface area contributed by atoms with E-state index >= 15 is 0 Å². The van der Waals surface area contributed by atoms with Crippen LogP contribution in [0.25, 0.3) is 0 Å². The van der Waals surface area contributed by atoms with E-state index in [2.05, 4.69) is 11.9 Å². The first-order chi connectivity index (χ1) is 8.82. The molecule has 0 aliphatic carbocycles. The summed E-state index contributed by atoms with van der Waals surface area (Å²) >= 11 is 0. The van der Waals surface area contributed by atoms with Crippen LogP contribution in [0.1, 0.15) is 6.92 Å². The lowest BCUT2D eigenvalue weighted by atomic mass is 10.4. The van der Waals surface area contributed by atoms with Gasteiger partial charge in [0.1, 0.15) is 13.1 Å². The van der Waals surface area contributed by atoms with Crippen molar-refractivity contribution in [3.63, 3.8) is 0 Å². The Bertz CT molecular complexity index is 340. The summed E-state index contributed by atoms with van der Waals surface area (Å²) in [6, 6.07) is -0.680. The molecule has 0 fully saturated rings. The van der Waals surface area contributed by atoms with Gasteiger partial charge in [0.05, 0.1) is 13.2 Å². The SMILES string of the molecule is C=C(C)COCCNC(=O)N(CC(N)=O)CC(=O)O. The van der Waals surface area contributed by atoms with Crippen LogP contribution in [-0.2, 0) is 14.3 Å². The molecule has 0 aromatic rings. The van der Waals surface area contributed by atoms with Crippen LogP contribution in [0.15, 0.2) is 12.2 Å². The van der Waals surface area contributed by atoms with E-state index in [0.29, 0.717) is 6.61 Å². The highest BCUT2D eigenvalue weighted by molar-refractivity contribution is 5.85. The quantitative estimate of drug-likeness (QED) is 0.373. The topological polar surface area (TPSA) is 122 Å². The van der Waals surface area contributed by atoms with E-state index in [0.717, 1.165) is 10.5 Å². The van der Waals surface area contributed by atoms with Gasteiger partial charge in [-0.25, -0.2) is 4.79 Å². The minimum atomic E-state index is -1.23. The van der Waals surface area contributed by atoms with E-state index in [-0.39, 0.29) is 13.2 Å². The fourth-order valence-corrected chi connectivity index (χ4v) is 1.14. The summed E-state index contributed by atoms with van der Waals surface area (Å²) in [6.07, 6.45) is 0. The Balaban J connectivity index is 4.06. The summed E-state index contributed by atoms with van der Waals surface area (Å²) in [5.41, 5.74) is 5.78. The van der Waals surface area contributed by atoms with Crippen LogP contribution in [0.5, 0.6) is 0 Å². The molecule has 4 N–H and O–H groups in total. The van der Waals surface area contributed by atoms with Gasteiger partial charge in [0, 0.05) is 6.54 Å². The molecule has 0 rings (SSSR count). The van der Waals surface area contributed by atoms with Crippen LogP contribution in [0.2, 0.25) is 0 Å². The van der Waals surface area contributed by atoms with Gasteiger partial charge in [-0.1, -0.05) is 12.2 Å². The fourth-order valence-electron chi connectivity index (χ4n) is 1.14. The lowest BCUT2D eigenvalue weighted by Crippen LogP contribution is -2.47. The number of carbonyl (C=O) groups is 3. The summed E-state index contributed by atoms with van der Waals surface area (Å²) in [5, 5.41) is 11.0. The van der Waals surface area contributed by atoms with Gasteiger partial charge in [0.15, 0.2) is 0 Å². The number of ether oxygens (including phenoxy) is 1. The highest BCUT2D eigenvalue weighted by atomic mass is 16.5. The zero-order chi connectivity index (χ0) is 14.8. The van der Waals surface area contributed by atoms with Crippen LogP contribution in [0.3, 0.4) is 0 Å². The van der Waals surface area contributed by atoms with Crippen LogP contribution in [-0.4, -0.2) is 60.8 Å². The molecule has 0 bridgehead atoms. The third kappa shape index (κ3) is 9.60. The van der Waals surface area contributed by atoms with Crippen LogP contribution < -0.4 is 11.1 Å². The number of nitrogens with zero attached hydrogens (tertiary/aromatic N) is 1. The van der Waals surface area contributed by atoms with E-state index in [1.54, 1.807) is 6.92 Å². The smallest absolute Gasteiger partial charge is 0.323 e. The van der Waals surface area contributed by atoms with Gasteiger partial charge in [-0.2, -0.15) is 0 Å². The van der Waals surface area contributed by atoms with Crippen molar-refractivity contribution in [2.75, 3.05) is 32.8 Å². The second-order valence-corrected chi connectivity index (χ2v) is 3.96. The second kappa shape index (κ2) is 8.92. The zero-order valence-electron chi connectivity index (χ0n) is 10.8. The molecule has 108 valence electrons. The third-order valence-corrected chi connectivity index (χ3v) is 1.83. The number of amides is 3. The predicted molar refractivity (Wildman–Crippen MR) is 67.4 cm³/mol. The number of carboxylic acids is 1. The number of primary amides is 1. The highest BCUT2D eigenvalue weighted by Gasteiger charge is 2.18. The number of nitrogens with one attached hydrogen (secondary N) is 1. The van der Waals surface area contributed by atoms with Gasteiger partial charge in [0.25, 0.3) is 0 Å². The number of nitrogens with two attached hydrogens (primary N) is 1. The number of hydrogen-bond acceptors (Lipinski definition) is 4. The minimum absolute atomic E-state index is 0.195. The largest absolute Gasteiger partial charge is 0.480 e. The fraction of sp³-hybridized carbons (Fsp3) is 0.545. The van der Waals surface area contributed by atoms with Crippen molar-refractivity contribution in [1.29, 1.82) is 0 Å². The Morgan fingerprint density at radius 2 is 2.00 bits per heavy atom. The van der Waals surface area contributed by atoms with Crippen molar-refractivity contribution < 1.29 is 24.2 Å². The Morgan fingerprint density at radius 3 is 2.47 bits per heavy atom.